The van der Waals surface area contributed by atoms with E-state index in [0.717, 1.165) is 15.4 Å². The number of aryl methyl sites for hydroxylation is 1. The van der Waals surface area contributed by atoms with Crippen LogP contribution in [0.15, 0.2) is 77.2 Å². The Morgan fingerprint density at radius 3 is 2.42 bits per heavy atom. The Bertz CT molecular complexity index is 943. The lowest BCUT2D eigenvalue weighted by Gasteiger charge is -2.26. The van der Waals surface area contributed by atoms with Crippen molar-refractivity contribution in [2.24, 2.45) is 0 Å². The third-order valence-corrected chi connectivity index (χ3v) is 6.08. The van der Waals surface area contributed by atoms with Gasteiger partial charge in [0.1, 0.15) is 0 Å². The second-order valence-corrected chi connectivity index (χ2v) is 8.09. The largest absolute Gasteiger partial charge is 0.268 e. The fraction of sp³-hybridized carbons (Fsp3) is 0.190. The zero-order valence-corrected chi connectivity index (χ0v) is 15.4. The summed E-state index contributed by atoms with van der Waals surface area (Å²) < 4.78 is 26.6. The SMILES string of the molecule is Cc1ccc(S(=O)(=O)N2CCC=C(C/C=C/c3ccccc3)C2=O)cc1. The van der Waals surface area contributed by atoms with Gasteiger partial charge in [0.2, 0.25) is 0 Å². The molecule has 1 amide bonds. The number of allylic oxidation sites excluding steroid dienone is 1. The van der Waals surface area contributed by atoms with Gasteiger partial charge in [0.05, 0.1) is 4.90 Å². The number of sulfonamides is 1. The van der Waals surface area contributed by atoms with Crippen molar-refractivity contribution in [2.75, 3.05) is 6.54 Å². The minimum Gasteiger partial charge on any atom is -0.268 e. The Morgan fingerprint density at radius 1 is 1.04 bits per heavy atom. The van der Waals surface area contributed by atoms with Crippen LogP contribution >= 0.6 is 0 Å². The fourth-order valence-electron chi connectivity index (χ4n) is 2.83. The molecule has 0 atom stereocenters. The zero-order chi connectivity index (χ0) is 18.6. The predicted molar refractivity (Wildman–Crippen MR) is 103 cm³/mol. The van der Waals surface area contributed by atoms with Crippen molar-refractivity contribution in [3.8, 4) is 0 Å². The van der Waals surface area contributed by atoms with Gasteiger partial charge < -0.3 is 0 Å². The Hall–Kier alpha value is -2.66. The van der Waals surface area contributed by atoms with Crippen LogP contribution in [-0.4, -0.2) is 25.2 Å². The molecule has 134 valence electrons. The predicted octanol–water partition coefficient (Wildman–Crippen LogP) is 3.95. The summed E-state index contributed by atoms with van der Waals surface area (Å²) in [6.07, 6.45) is 6.60. The molecule has 0 N–H and O–H groups in total. The van der Waals surface area contributed by atoms with Gasteiger partial charge in [0.15, 0.2) is 0 Å². The second-order valence-electron chi connectivity index (χ2n) is 6.23. The van der Waals surface area contributed by atoms with Crippen LogP contribution < -0.4 is 0 Å². The van der Waals surface area contributed by atoms with Crippen LogP contribution in [0.5, 0.6) is 0 Å². The summed E-state index contributed by atoms with van der Waals surface area (Å²) in [5.41, 5.74) is 2.53. The van der Waals surface area contributed by atoms with Crippen molar-refractivity contribution in [3.63, 3.8) is 0 Å². The molecule has 1 aliphatic heterocycles. The van der Waals surface area contributed by atoms with Gasteiger partial charge in [-0.1, -0.05) is 66.3 Å². The van der Waals surface area contributed by atoms with Crippen LogP contribution in [0.1, 0.15) is 24.0 Å². The van der Waals surface area contributed by atoms with Crippen molar-refractivity contribution in [1.82, 2.24) is 4.31 Å². The summed E-state index contributed by atoms with van der Waals surface area (Å²) in [5.74, 6) is -0.436. The first-order chi connectivity index (χ1) is 12.5. The molecule has 0 spiro atoms. The van der Waals surface area contributed by atoms with Crippen LogP contribution in [0.4, 0.5) is 0 Å². The topological polar surface area (TPSA) is 54.5 Å². The number of amides is 1. The minimum absolute atomic E-state index is 0.150. The van der Waals surface area contributed by atoms with Gasteiger partial charge in [0.25, 0.3) is 15.9 Å². The number of hydrogen-bond acceptors (Lipinski definition) is 3. The van der Waals surface area contributed by atoms with Crippen LogP contribution in [-0.2, 0) is 14.8 Å². The van der Waals surface area contributed by atoms with Gasteiger partial charge in [0, 0.05) is 12.1 Å². The van der Waals surface area contributed by atoms with E-state index in [4.69, 9.17) is 0 Å². The molecular weight excluding hydrogens is 346 g/mol. The number of hydrogen-bond donors (Lipinski definition) is 0. The highest BCUT2D eigenvalue weighted by atomic mass is 32.2. The first-order valence-corrected chi connectivity index (χ1v) is 9.97. The van der Waals surface area contributed by atoms with Crippen molar-refractivity contribution >= 4 is 22.0 Å². The van der Waals surface area contributed by atoms with E-state index < -0.39 is 15.9 Å². The van der Waals surface area contributed by atoms with E-state index in [0.29, 0.717) is 18.4 Å². The Balaban J connectivity index is 1.75. The van der Waals surface area contributed by atoms with Crippen LogP contribution in [0.25, 0.3) is 6.08 Å². The van der Waals surface area contributed by atoms with Crippen molar-refractivity contribution in [1.29, 1.82) is 0 Å². The molecule has 0 aliphatic carbocycles. The standard InChI is InChI=1S/C21H21NO3S/c1-17-12-14-20(15-13-17)26(24,25)22-16-6-11-19(21(22)23)10-5-9-18-7-3-2-4-8-18/h2-5,7-9,11-15H,6,10,16H2,1H3/b9-5+. The van der Waals surface area contributed by atoms with Crippen LogP contribution in [0.2, 0.25) is 0 Å². The van der Waals surface area contributed by atoms with Crippen molar-refractivity contribution in [2.45, 2.75) is 24.7 Å². The number of carbonyl (C=O) groups excluding carboxylic acids is 1. The monoisotopic (exact) mass is 367 g/mol. The third kappa shape index (κ3) is 3.94. The molecular formula is C21H21NO3S. The van der Waals surface area contributed by atoms with E-state index in [1.54, 1.807) is 24.3 Å². The maximum atomic E-state index is 12.8. The smallest absolute Gasteiger partial charge is 0.266 e. The van der Waals surface area contributed by atoms with E-state index in [1.807, 2.05) is 55.5 Å². The van der Waals surface area contributed by atoms with Gasteiger partial charge in [-0.3, -0.25) is 4.79 Å². The summed E-state index contributed by atoms with van der Waals surface area (Å²) in [7, 11) is -3.82. The summed E-state index contributed by atoms with van der Waals surface area (Å²) in [6.45, 7) is 2.07. The highest BCUT2D eigenvalue weighted by molar-refractivity contribution is 7.89. The molecule has 0 saturated carbocycles. The third-order valence-electron chi connectivity index (χ3n) is 4.28. The molecule has 1 heterocycles. The molecule has 0 bridgehead atoms. The van der Waals surface area contributed by atoms with E-state index in [1.165, 1.54) is 0 Å². The Morgan fingerprint density at radius 2 is 1.73 bits per heavy atom. The maximum Gasteiger partial charge on any atom is 0.266 e. The number of benzene rings is 2. The molecule has 4 nitrogen and oxygen atoms in total. The van der Waals surface area contributed by atoms with Gasteiger partial charge in [-0.25, -0.2) is 12.7 Å². The molecule has 0 saturated heterocycles. The van der Waals surface area contributed by atoms with E-state index in [9.17, 15) is 13.2 Å². The lowest BCUT2D eigenvalue weighted by molar-refractivity contribution is -0.123. The molecule has 0 aromatic heterocycles. The highest BCUT2D eigenvalue weighted by Crippen LogP contribution is 2.24. The average molecular weight is 367 g/mol. The van der Waals surface area contributed by atoms with E-state index >= 15 is 0 Å². The normalized spacial score (nSPS) is 15.3. The zero-order valence-electron chi connectivity index (χ0n) is 14.6. The van der Waals surface area contributed by atoms with Gasteiger partial charge in [-0.05, 0) is 37.5 Å². The van der Waals surface area contributed by atoms with E-state index in [-0.39, 0.29) is 11.4 Å². The van der Waals surface area contributed by atoms with Crippen molar-refractivity contribution in [3.05, 3.63) is 83.4 Å². The first kappa shape index (κ1) is 18.1. The molecule has 2 aromatic rings. The van der Waals surface area contributed by atoms with Crippen molar-refractivity contribution < 1.29 is 13.2 Å². The number of rotatable bonds is 5. The lowest BCUT2D eigenvalue weighted by Crippen LogP contribution is -2.40. The molecule has 26 heavy (non-hydrogen) atoms. The molecule has 0 unspecified atom stereocenters. The summed E-state index contributed by atoms with van der Waals surface area (Å²) in [5, 5.41) is 0. The number of nitrogens with zero attached hydrogens (tertiary/aromatic N) is 1. The van der Waals surface area contributed by atoms with Gasteiger partial charge >= 0.3 is 0 Å². The Kier molecular flexibility index (Phi) is 5.38. The molecule has 0 radical (unpaired) electrons. The second kappa shape index (κ2) is 7.70. The summed E-state index contributed by atoms with van der Waals surface area (Å²) in [6, 6.07) is 16.3. The summed E-state index contributed by atoms with van der Waals surface area (Å²) in [4.78, 5) is 12.8. The van der Waals surface area contributed by atoms with E-state index in [2.05, 4.69) is 0 Å². The maximum absolute atomic E-state index is 12.8. The van der Waals surface area contributed by atoms with Gasteiger partial charge in [-0.2, -0.15) is 0 Å². The molecule has 2 aromatic carbocycles. The fourth-order valence-corrected chi connectivity index (χ4v) is 4.24. The molecule has 1 aliphatic rings. The van der Waals surface area contributed by atoms with Crippen LogP contribution in [0.3, 0.4) is 0 Å². The molecule has 0 fully saturated rings. The lowest BCUT2D eigenvalue weighted by atomic mass is 10.1. The highest BCUT2D eigenvalue weighted by Gasteiger charge is 2.32. The first-order valence-electron chi connectivity index (χ1n) is 8.53. The number of carbonyl (C=O) groups is 1. The quantitative estimate of drug-likeness (QED) is 0.804. The van der Waals surface area contributed by atoms with Gasteiger partial charge in [-0.15, -0.1) is 0 Å². The van der Waals surface area contributed by atoms with Crippen LogP contribution in [0, 0.1) is 6.92 Å². The summed E-state index contributed by atoms with van der Waals surface area (Å²) >= 11 is 0. The average Bonchev–Trinajstić information content (AvgIpc) is 2.64. The Labute approximate surface area is 154 Å². The minimum atomic E-state index is -3.82. The molecule has 3 rings (SSSR count). The molecule has 5 heteroatoms.